The number of halogens is 1. The van der Waals surface area contributed by atoms with Gasteiger partial charge in [0.2, 0.25) is 0 Å². The maximum Gasteiger partial charge on any atom is 0.342 e. The highest BCUT2D eigenvalue weighted by Gasteiger charge is 2.75. The fourth-order valence-electron chi connectivity index (χ4n) is 6.44. The fraction of sp³-hybridized carbons (Fsp3) is 0.609. The molecule has 0 bridgehead atoms. The van der Waals surface area contributed by atoms with Gasteiger partial charge in [-0.25, -0.2) is 4.79 Å². The minimum atomic E-state index is -1.64. The van der Waals surface area contributed by atoms with Crippen LogP contribution in [0.4, 0.5) is 0 Å². The van der Waals surface area contributed by atoms with E-state index in [0.29, 0.717) is 19.3 Å². The lowest BCUT2D eigenvalue weighted by molar-refractivity contribution is -0.264. The molecule has 2 fully saturated rings. The third-order valence-electron chi connectivity index (χ3n) is 7.83. The van der Waals surface area contributed by atoms with E-state index in [1.54, 1.807) is 6.08 Å². The van der Waals surface area contributed by atoms with Crippen LogP contribution in [0.25, 0.3) is 0 Å². The average Bonchev–Trinajstić information content (AvgIpc) is 2.92. The number of carbonyl (C=O) groups is 1. The molecular formula is C23H29ClO7. The second-order valence-electron chi connectivity index (χ2n) is 10.4. The summed E-state index contributed by atoms with van der Waals surface area (Å²) in [6, 6.07) is 0.964. The predicted molar refractivity (Wildman–Crippen MR) is 113 cm³/mol. The van der Waals surface area contributed by atoms with Crippen LogP contribution >= 0.6 is 11.6 Å². The van der Waals surface area contributed by atoms with E-state index in [1.807, 2.05) is 6.92 Å². The molecule has 0 radical (unpaired) electrons. The fourth-order valence-corrected chi connectivity index (χ4v) is 6.59. The van der Waals surface area contributed by atoms with Crippen molar-refractivity contribution in [3.8, 4) is 11.5 Å². The molecule has 0 saturated heterocycles. The van der Waals surface area contributed by atoms with Crippen LogP contribution in [-0.4, -0.2) is 55.4 Å². The van der Waals surface area contributed by atoms with Gasteiger partial charge in [0.05, 0.1) is 17.2 Å². The van der Waals surface area contributed by atoms with Crippen LogP contribution in [0.3, 0.4) is 0 Å². The van der Waals surface area contributed by atoms with E-state index in [1.165, 1.54) is 6.92 Å². The van der Waals surface area contributed by atoms with Gasteiger partial charge in [-0.05, 0) is 48.8 Å². The molecule has 0 heterocycles. The van der Waals surface area contributed by atoms with Crippen LogP contribution in [0, 0.1) is 23.7 Å². The summed E-state index contributed by atoms with van der Waals surface area (Å²) in [6.07, 6.45) is 2.08. The van der Waals surface area contributed by atoms with E-state index in [4.69, 9.17) is 16.3 Å². The molecule has 0 aromatic heterocycles. The number of hydrogen-bond acceptors (Lipinski definition) is 7. The maximum absolute atomic E-state index is 12.9. The van der Waals surface area contributed by atoms with Crippen LogP contribution in [0.1, 0.15) is 56.0 Å². The zero-order chi connectivity index (χ0) is 23.1. The lowest BCUT2D eigenvalue weighted by Crippen LogP contribution is -2.75. The number of carbonyl (C=O) groups excluding carboxylic acids is 1. The van der Waals surface area contributed by atoms with Gasteiger partial charge >= 0.3 is 5.97 Å². The number of esters is 1. The number of hydrogen-bond donors (Lipinski definition) is 5. The molecule has 3 aliphatic carbocycles. The number of fused-ring (bicyclic) bond motifs is 3. The molecule has 170 valence electrons. The molecule has 5 N–H and O–H groups in total. The minimum Gasteiger partial charge on any atom is -0.507 e. The largest absolute Gasteiger partial charge is 0.507 e. The number of phenolic OH excluding ortho intramolecular Hbond substituents is 2. The van der Waals surface area contributed by atoms with Crippen LogP contribution in [0.5, 0.6) is 11.5 Å². The highest BCUT2D eigenvalue weighted by atomic mass is 35.5. The lowest BCUT2D eigenvalue weighted by Gasteiger charge is -2.66. The van der Waals surface area contributed by atoms with E-state index < -0.39 is 41.0 Å². The van der Waals surface area contributed by atoms with Gasteiger partial charge in [-0.2, -0.15) is 0 Å². The number of aliphatic hydroxyl groups is 3. The van der Waals surface area contributed by atoms with E-state index in [2.05, 4.69) is 13.8 Å². The SMILES string of the molecule is Cc1c(Cl)c(O)cc(O)c1C(=O)O[C@@H]1C[C@]2(C)C3CC(C)(C)C[C@@]3(O)C=C(CO)[C@]12O. The topological polar surface area (TPSA) is 127 Å². The molecule has 0 spiro atoms. The molecule has 7 nitrogen and oxygen atoms in total. The van der Waals surface area contributed by atoms with Crippen molar-refractivity contribution >= 4 is 17.6 Å². The van der Waals surface area contributed by atoms with Crippen molar-refractivity contribution in [2.75, 3.05) is 6.61 Å². The average molecular weight is 453 g/mol. The normalized spacial score (nSPS) is 38.0. The van der Waals surface area contributed by atoms with Crippen molar-refractivity contribution in [2.24, 2.45) is 16.7 Å². The summed E-state index contributed by atoms with van der Waals surface area (Å²) < 4.78 is 5.61. The molecule has 1 aromatic rings. The number of benzene rings is 1. The standard InChI is InChI=1S/C23H29ClO7/c1-11-17(13(26)5-14(27)18(11)24)19(28)31-16-8-21(4)15-7-20(2,3)10-22(15,29)6-12(9-25)23(16,21)30/h5-6,15-16,25-27,29-30H,7-10H2,1-4H3/t15?,16-,21-,22+,23+/m1/s1. The minimum absolute atomic E-state index is 0.0752. The summed E-state index contributed by atoms with van der Waals surface area (Å²) >= 11 is 6.00. The molecular weight excluding hydrogens is 424 g/mol. The number of rotatable bonds is 3. The van der Waals surface area contributed by atoms with Gasteiger partial charge in [0.15, 0.2) is 0 Å². The Balaban J connectivity index is 1.69. The van der Waals surface area contributed by atoms with E-state index in [0.717, 1.165) is 6.07 Å². The van der Waals surface area contributed by atoms with Crippen molar-refractivity contribution in [1.29, 1.82) is 0 Å². The number of ether oxygens (including phenoxy) is 1. The van der Waals surface area contributed by atoms with Crippen LogP contribution < -0.4 is 0 Å². The third-order valence-corrected chi connectivity index (χ3v) is 8.31. The quantitative estimate of drug-likeness (QED) is 0.352. The smallest absolute Gasteiger partial charge is 0.342 e. The number of phenols is 2. The molecule has 0 amide bonds. The van der Waals surface area contributed by atoms with E-state index in [-0.39, 0.29) is 38.8 Å². The zero-order valence-corrected chi connectivity index (χ0v) is 18.8. The Bertz CT molecular complexity index is 1000. The molecule has 31 heavy (non-hydrogen) atoms. The lowest BCUT2D eigenvalue weighted by atomic mass is 9.43. The predicted octanol–water partition coefficient (Wildman–Crippen LogP) is 2.83. The summed E-state index contributed by atoms with van der Waals surface area (Å²) in [5.41, 5.74) is -3.51. The first-order valence-electron chi connectivity index (χ1n) is 10.4. The Morgan fingerprint density at radius 2 is 1.84 bits per heavy atom. The van der Waals surface area contributed by atoms with Crippen molar-refractivity contribution < 1.29 is 35.1 Å². The van der Waals surface area contributed by atoms with Gasteiger partial charge in [0, 0.05) is 17.4 Å². The van der Waals surface area contributed by atoms with Crippen LogP contribution in [0.15, 0.2) is 17.7 Å². The summed E-state index contributed by atoms with van der Waals surface area (Å²) in [4.78, 5) is 12.9. The van der Waals surface area contributed by atoms with E-state index in [9.17, 15) is 30.3 Å². The monoisotopic (exact) mass is 452 g/mol. The van der Waals surface area contributed by atoms with Crippen LogP contribution in [-0.2, 0) is 4.74 Å². The van der Waals surface area contributed by atoms with Gasteiger partial charge in [0.1, 0.15) is 28.8 Å². The van der Waals surface area contributed by atoms with Gasteiger partial charge in [0.25, 0.3) is 0 Å². The third kappa shape index (κ3) is 2.86. The first kappa shape index (κ1) is 22.4. The Kier molecular flexibility index (Phi) is 4.77. The molecule has 3 aliphatic rings. The van der Waals surface area contributed by atoms with Crippen molar-refractivity contribution in [2.45, 2.75) is 64.3 Å². The summed E-state index contributed by atoms with van der Waals surface area (Å²) in [7, 11) is 0. The highest BCUT2D eigenvalue weighted by Crippen LogP contribution is 2.69. The highest BCUT2D eigenvalue weighted by molar-refractivity contribution is 6.33. The Hall–Kier alpha value is -1.80. The number of aromatic hydroxyl groups is 2. The Labute approximate surface area is 185 Å². The van der Waals surface area contributed by atoms with E-state index >= 15 is 0 Å². The molecule has 8 heteroatoms. The first-order valence-corrected chi connectivity index (χ1v) is 10.8. The summed E-state index contributed by atoms with van der Waals surface area (Å²) in [5, 5.41) is 52.9. The maximum atomic E-state index is 12.9. The Morgan fingerprint density at radius 3 is 2.45 bits per heavy atom. The Morgan fingerprint density at radius 1 is 1.19 bits per heavy atom. The molecule has 0 aliphatic heterocycles. The van der Waals surface area contributed by atoms with Gasteiger partial charge in [-0.15, -0.1) is 0 Å². The van der Waals surface area contributed by atoms with Crippen molar-refractivity contribution in [1.82, 2.24) is 0 Å². The van der Waals surface area contributed by atoms with Crippen LogP contribution in [0.2, 0.25) is 5.02 Å². The first-order chi connectivity index (χ1) is 14.2. The molecule has 5 atom stereocenters. The summed E-state index contributed by atoms with van der Waals surface area (Å²) in [6.45, 7) is 6.98. The van der Waals surface area contributed by atoms with Gasteiger partial charge < -0.3 is 30.3 Å². The second-order valence-corrected chi connectivity index (χ2v) is 10.8. The molecule has 4 rings (SSSR count). The molecule has 1 aromatic carbocycles. The summed E-state index contributed by atoms with van der Waals surface area (Å²) in [5.74, 6) is -1.98. The van der Waals surface area contributed by atoms with Crippen molar-refractivity contribution in [3.63, 3.8) is 0 Å². The van der Waals surface area contributed by atoms with Gasteiger partial charge in [-0.3, -0.25) is 0 Å². The molecule has 1 unspecified atom stereocenters. The van der Waals surface area contributed by atoms with Gasteiger partial charge in [-0.1, -0.05) is 32.4 Å². The molecule has 2 saturated carbocycles. The zero-order valence-electron chi connectivity index (χ0n) is 18.1. The van der Waals surface area contributed by atoms with Crippen molar-refractivity contribution in [3.05, 3.63) is 33.9 Å². The number of aliphatic hydroxyl groups excluding tert-OH is 1. The second kappa shape index (κ2) is 6.61.